The summed E-state index contributed by atoms with van der Waals surface area (Å²) in [6, 6.07) is 4.22. The molecule has 0 saturated carbocycles. The maximum atomic E-state index is 13.4. The molecule has 5 heteroatoms. The largest absolute Gasteiger partial charge is 0.478 e. The smallest absolute Gasteiger partial charge is 0.328 e. The number of benzene rings is 1. The number of hydrogen-bond donors (Lipinski definition) is 2. The van der Waals surface area contributed by atoms with Gasteiger partial charge in [-0.15, -0.1) is 0 Å². The zero-order valence-electron chi connectivity index (χ0n) is 9.94. The second kappa shape index (κ2) is 6.54. The molecule has 2 N–H and O–H groups in total. The van der Waals surface area contributed by atoms with Gasteiger partial charge in [0.1, 0.15) is 5.82 Å². The van der Waals surface area contributed by atoms with Gasteiger partial charge in [0, 0.05) is 24.6 Å². The summed E-state index contributed by atoms with van der Waals surface area (Å²) in [4.78, 5) is 21.4. The third-order valence-electron chi connectivity index (χ3n) is 2.29. The first-order valence-corrected chi connectivity index (χ1v) is 5.49. The monoisotopic (exact) mass is 251 g/mol. The molecule has 0 fully saturated rings. The maximum absolute atomic E-state index is 13.4. The van der Waals surface area contributed by atoms with Crippen LogP contribution in [0.25, 0.3) is 6.08 Å². The van der Waals surface area contributed by atoms with Crippen molar-refractivity contribution in [3.8, 4) is 0 Å². The van der Waals surface area contributed by atoms with Crippen LogP contribution in [0.4, 0.5) is 4.39 Å². The first-order chi connectivity index (χ1) is 8.52. The predicted octanol–water partition coefficient (Wildman–Crippen LogP) is 1.95. The van der Waals surface area contributed by atoms with Crippen molar-refractivity contribution in [3.05, 3.63) is 41.2 Å². The Bertz CT molecular complexity index is 483. The molecule has 18 heavy (non-hydrogen) atoms. The quantitative estimate of drug-likeness (QED) is 0.786. The Balaban J connectivity index is 2.81. The molecule has 0 spiro atoms. The number of carbonyl (C=O) groups excluding carboxylic acids is 1. The Kier molecular flexibility index (Phi) is 5.05. The van der Waals surface area contributed by atoms with Crippen molar-refractivity contribution in [1.82, 2.24) is 5.32 Å². The van der Waals surface area contributed by atoms with Gasteiger partial charge in [0.2, 0.25) is 5.91 Å². The van der Waals surface area contributed by atoms with E-state index in [2.05, 4.69) is 5.32 Å². The Hall–Kier alpha value is -2.17. The van der Waals surface area contributed by atoms with Crippen LogP contribution in [0.1, 0.15) is 24.5 Å². The van der Waals surface area contributed by atoms with E-state index >= 15 is 0 Å². The lowest BCUT2D eigenvalue weighted by molar-refractivity contribution is -0.131. The number of amides is 1. The summed E-state index contributed by atoms with van der Waals surface area (Å²) in [5.74, 6) is -1.67. The van der Waals surface area contributed by atoms with Crippen LogP contribution in [0, 0.1) is 5.82 Å². The van der Waals surface area contributed by atoms with Crippen LogP contribution in [0.15, 0.2) is 24.3 Å². The number of rotatable bonds is 5. The van der Waals surface area contributed by atoms with Crippen LogP contribution in [0.5, 0.6) is 0 Å². The lowest BCUT2D eigenvalue weighted by Crippen LogP contribution is -2.22. The molecule has 0 unspecified atom stereocenters. The summed E-state index contributed by atoms with van der Waals surface area (Å²) in [7, 11) is 0. The molecule has 1 aromatic carbocycles. The molecular formula is C13H14FNO3. The zero-order chi connectivity index (χ0) is 13.5. The first kappa shape index (κ1) is 13.9. The number of nitrogens with one attached hydrogen (secondary N) is 1. The highest BCUT2D eigenvalue weighted by Gasteiger charge is 2.04. The normalized spacial score (nSPS) is 10.6. The molecule has 0 aliphatic carbocycles. The second-order valence-electron chi connectivity index (χ2n) is 3.65. The molecule has 0 aliphatic heterocycles. The summed E-state index contributed by atoms with van der Waals surface area (Å²) in [6.45, 7) is 1.80. The fraction of sp³-hybridized carbons (Fsp3) is 0.231. The van der Waals surface area contributed by atoms with Gasteiger partial charge in [-0.2, -0.15) is 0 Å². The minimum atomic E-state index is -1.07. The molecule has 4 nitrogen and oxygen atoms in total. The predicted molar refractivity (Wildman–Crippen MR) is 65.2 cm³/mol. The highest BCUT2D eigenvalue weighted by molar-refractivity contribution is 5.85. The van der Waals surface area contributed by atoms with E-state index in [-0.39, 0.29) is 12.5 Å². The van der Waals surface area contributed by atoms with Crippen LogP contribution < -0.4 is 5.32 Å². The Morgan fingerprint density at radius 1 is 1.44 bits per heavy atom. The highest BCUT2D eigenvalue weighted by atomic mass is 19.1. The summed E-state index contributed by atoms with van der Waals surface area (Å²) in [5.41, 5.74) is 0.892. The summed E-state index contributed by atoms with van der Waals surface area (Å²) >= 11 is 0. The van der Waals surface area contributed by atoms with Gasteiger partial charge in [0.25, 0.3) is 0 Å². The molecule has 0 radical (unpaired) electrons. The summed E-state index contributed by atoms with van der Waals surface area (Å²) in [5, 5.41) is 11.1. The van der Waals surface area contributed by atoms with Gasteiger partial charge in [0.15, 0.2) is 0 Å². The number of hydrogen-bond acceptors (Lipinski definition) is 2. The van der Waals surface area contributed by atoms with E-state index in [4.69, 9.17) is 5.11 Å². The third-order valence-corrected chi connectivity index (χ3v) is 2.29. The average molecular weight is 251 g/mol. The van der Waals surface area contributed by atoms with Crippen LogP contribution in [0.2, 0.25) is 0 Å². The number of carboxylic acids is 1. The van der Waals surface area contributed by atoms with E-state index in [1.54, 1.807) is 6.92 Å². The van der Waals surface area contributed by atoms with Crippen molar-refractivity contribution in [1.29, 1.82) is 0 Å². The lowest BCUT2D eigenvalue weighted by atomic mass is 10.1. The van der Waals surface area contributed by atoms with E-state index in [1.165, 1.54) is 24.3 Å². The number of halogens is 1. The molecule has 0 aromatic heterocycles. The van der Waals surface area contributed by atoms with Gasteiger partial charge in [-0.25, -0.2) is 9.18 Å². The molecule has 0 atom stereocenters. The lowest BCUT2D eigenvalue weighted by Gasteiger charge is -2.06. The van der Waals surface area contributed by atoms with Gasteiger partial charge in [-0.3, -0.25) is 4.79 Å². The minimum absolute atomic E-state index is 0.0905. The molecule has 1 rings (SSSR count). The van der Waals surface area contributed by atoms with Crippen LogP contribution >= 0.6 is 0 Å². The van der Waals surface area contributed by atoms with E-state index in [0.29, 0.717) is 17.5 Å². The maximum Gasteiger partial charge on any atom is 0.328 e. The molecule has 0 aliphatic rings. The van der Waals surface area contributed by atoms with Crippen molar-refractivity contribution < 1.29 is 19.1 Å². The number of aliphatic carboxylic acids is 1. The van der Waals surface area contributed by atoms with Crippen molar-refractivity contribution in [2.45, 2.75) is 19.9 Å². The Labute approximate surface area is 104 Å². The van der Waals surface area contributed by atoms with Crippen molar-refractivity contribution in [2.75, 3.05) is 0 Å². The molecule has 0 heterocycles. The molecular weight excluding hydrogens is 237 g/mol. The van der Waals surface area contributed by atoms with Gasteiger partial charge in [-0.1, -0.05) is 13.0 Å². The highest BCUT2D eigenvalue weighted by Crippen LogP contribution is 2.12. The summed E-state index contributed by atoms with van der Waals surface area (Å²) < 4.78 is 13.4. The van der Waals surface area contributed by atoms with Gasteiger partial charge >= 0.3 is 5.97 Å². The number of carboxylic acid groups (broad SMARTS) is 1. The third kappa shape index (κ3) is 4.37. The fourth-order valence-corrected chi connectivity index (χ4v) is 1.32. The fourth-order valence-electron chi connectivity index (χ4n) is 1.32. The SMILES string of the molecule is CCC(=O)NCc1cc(/C=C/C(=O)O)ccc1F. The van der Waals surface area contributed by atoms with Crippen molar-refractivity contribution >= 4 is 18.0 Å². The van der Waals surface area contributed by atoms with Gasteiger partial charge in [0.05, 0.1) is 0 Å². The second-order valence-corrected chi connectivity index (χ2v) is 3.65. The van der Waals surface area contributed by atoms with E-state index in [0.717, 1.165) is 6.08 Å². The van der Waals surface area contributed by atoms with Crippen LogP contribution in [-0.4, -0.2) is 17.0 Å². The van der Waals surface area contributed by atoms with Crippen LogP contribution in [-0.2, 0) is 16.1 Å². The van der Waals surface area contributed by atoms with E-state index < -0.39 is 11.8 Å². The molecule has 1 aromatic rings. The number of carbonyl (C=O) groups is 2. The first-order valence-electron chi connectivity index (χ1n) is 5.49. The van der Waals surface area contributed by atoms with Crippen molar-refractivity contribution in [3.63, 3.8) is 0 Å². The molecule has 0 saturated heterocycles. The average Bonchev–Trinajstić information content (AvgIpc) is 2.35. The van der Waals surface area contributed by atoms with Gasteiger partial charge in [-0.05, 0) is 23.8 Å². The topological polar surface area (TPSA) is 66.4 Å². The molecule has 0 bridgehead atoms. The molecule has 1 amide bonds. The van der Waals surface area contributed by atoms with E-state index in [1.807, 2.05) is 0 Å². The zero-order valence-corrected chi connectivity index (χ0v) is 9.94. The van der Waals surface area contributed by atoms with E-state index in [9.17, 15) is 14.0 Å². The van der Waals surface area contributed by atoms with Gasteiger partial charge < -0.3 is 10.4 Å². The molecule has 96 valence electrons. The summed E-state index contributed by atoms with van der Waals surface area (Å²) in [6.07, 6.45) is 2.68. The van der Waals surface area contributed by atoms with Crippen molar-refractivity contribution in [2.24, 2.45) is 0 Å². The Morgan fingerprint density at radius 3 is 2.78 bits per heavy atom. The Morgan fingerprint density at radius 2 is 2.17 bits per heavy atom. The standard InChI is InChI=1S/C13H14FNO3/c1-2-12(16)15-8-10-7-9(3-5-11(10)14)4-6-13(17)18/h3-7H,2,8H2,1H3,(H,15,16)(H,17,18)/b6-4+. The minimum Gasteiger partial charge on any atom is -0.478 e. The van der Waals surface area contributed by atoms with Crippen LogP contribution in [0.3, 0.4) is 0 Å².